The maximum atomic E-state index is 13.6. The summed E-state index contributed by atoms with van der Waals surface area (Å²) >= 11 is 0. The summed E-state index contributed by atoms with van der Waals surface area (Å²) in [7, 11) is 0.400. The summed E-state index contributed by atoms with van der Waals surface area (Å²) in [6.45, 7) is 4.40. The van der Waals surface area contributed by atoms with Crippen LogP contribution < -0.4 is 0 Å². The first-order valence-corrected chi connectivity index (χ1v) is 8.98. The molecule has 0 bridgehead atoms. The predicted octanol–water partition coefficient (Wildman–Crippen LogP) is 3.51. The van der Waals surface area contributed by atoms with Gasteiger partial charge in [-0.25, -0.2) is 22.0 Å². The molecule has 25 heavy (non-hydrogen) atoms. The van der Waals surface area contributed by atoms with E-state index >= 15 is 0 Å². The second kappa shape index (κ2) is 10.2. The Bertz CT molecular complexity index is 536. The highest BCUT2D eigenvalue weighted by atomic mass is 28.2. The van der Waals surface area contributed by atoms with Crippen LogP contribution >= 0.6 is 0 Å². The average Bonchev–Trinajstić information content (AvgIpc) is 2.60. The van der Waals surface area contributed by atoms with Gasteiger partial charge in [0.25, 0.3) is 5.97 Å². The summed E-state index contributed by atoms with van der Waals surface area (Å²) in [4.78, 5) is 0. The van der Waals surface area contributed by atoms with Crippen molar-refractivity contribution in [1.29, 1.82) is 0 Å². The normalized spacial score (nSPS) is 12.1. The van der Waals surface area contributed by atoms with Crippen LogP contribution in [0.25, 0.3) is 0 Å². The Hall–Kier alpha value is -1.03. The van der Waals surface area contributed by atoms with Gasteiger partial charge in [-0.2, -0.15) is 0 Å². The van der Waals surface area contributed by atoms with Crippen LogP contribution in [0.2, 0.25) is 0 Å². The van der Waals surface area contributed by atoms with Gasteiger partial charge in [0.2, 0.25) is 5.82 Å². The zero-order valence-corrected chi connectivity index (χ0v) is 16.6. The van der Waals surface area contributed by atoms with E-state index in [0.717, 1.165) is 0 Å². The predicted molar refractivity (Wildman–Crippen MR) is 85.4 cm³/mol. The number of benzene rings is 1. The molecule has 0 fully saturated rings. The molecule has 0 aliphatic heterocycles. The Balaban J connectivity index is 2.62. The van der Waals surface area contributed by atoms with Crippen LogP contribution in [0.1, 0.15) is 45.1 Å². The number of ether oxygens (including phenoxy) is 2. The van der Waals surface area contributed by atoms with E-state index < -0.39 is 40.6 Å². The molecule has 0 N–H and O–H groups in total. The molecule has 0 spiro atoms. The second-order valence-corrected chi connectivity index (χ2v) is 5.77. The smallest absolute Gasteiger partial charge is 0.272 e. The van der Waals surface area contributed by atoms with E-state index in [2.05, 4.69) is 0 Å². The molecule has 0 aromatic heterocycles. The maximum Gasteiger partial charge on any atom is 0.272 e. The number of halogens is 5. The molecule has 0 atom stereocenters. The summed E-state index contributed by atoms with van der Waals surface area (Å²) in [6, 6.07) is 0. The Kier molecular flexibility index (Phi) is 8.98. The standard InChI is InChI=1S/C16H23F5O3Si/c1-3-22-16(24-25,23-4-2)9-7-5-6-8-10-11(17)13(19)15(21)14(20)12(10)18/h3-9H2,1-2,25H3. The third-order valence-electron chi connectivity index (χ3n) is 3.75. The third-order valence-corrected chi connectivity index (χ3v) is 4.37. The lowest BCUT2D eigenvalue weighted by atomic mass is 10.0. The number of hydrogen-bond donors (Lipinski definition) is 0. The van der Waals surface area contributed by atoms with E-state index in [9.17, 15) is 22.0 Å². The number of hydrogen-bond acceptors (Lipinski definition) is 3. The van der Waals surface area contributed by atoms with Gasteiger partial charge < -0.3 is 13.9 Å². The highest BCUT2D eigenvalue weighted by Gasteiger charge is 2.30. The molecule has 0 unspecified atom stereocenters. The molecule has 0 amide bonds. The molecule has 1 rings (SSSR count). The van der Waals surface area contributed by atoms with Crippen molar-refractivity contribution in [3.63, 3.8) is 0 Å². The topological polar surface area (TPSA) is 27.7 Å². The largest absolute Gasteiger partial charge is 0.380 e. The molecule has 0 saturated carbocycles. The van der Waals surface area contributed by atoms with Gasteiger partial charge in [-0.3, -0.25) is 0 Å². The lowest BCUT2D eigenvalue weighted by Gasteiger charge is -2.31. The van der Waals surface area contributed by atoms with Crippen LogP contribution in [0.15, 0.2) is 0 Å². The zero-order chi connectivity index (χ0) is 19.0. The van der Waals surface area contributed by atoms with Crippen molar-refractivity contribution in [3.05, 3.63) is 34.6 Å². The minimum atomic E-state index is -2.14. The summed E-state index contributed by atoms with van der Waals surface area (Å²) in [6.07, 6.45) is 1.47. The van der Waals surface area contributed by atoms with Crippen LogP contribution in [0.5, 0.6) is 0 Å². The maximum absolute atomic E-state index is 13.6. The fourth-order valence-electron chi connectivity index (χ4n) is 2.54. The van der Waals surface area contributed by atoms with Crippen molar-refractivity contribution in [3.8, 4) is 0 Å². The Morgan fingerprint density at radius 3 is 1.68 bits per heavy atom. The van der Waals surface area contributed by atoms with E-state index in [1.807, 2.05) is 0 Å². The molecular weight excluding hydrogens is 363 g/mol. The molecule has 0 radical (unpaired) electrons. The van der Waals surface area contributed by atoms with Crippen LogP contribution in [0.4, 0.5) is 22.0 Å². The minimum absolute atomic E-state index is 0.246. The highest BCUT2D eigenvalue weighted by molar-refractivity contribution is 5.98. The molecule has 0 aliphatic carbocycles. The molecule has 9 heteroatoms. The summed E-state index contributed by atoms with van der Waals surface area (Å²) < 4.78 is 82.8. The first-order valence-electron chi connectivity index (χ1n) is 8.16. The van der Waals surface area contributed by atoms with E-state index in [4.69, 9.17) is 13.9 Å². The van der Waals surface area contributed by atoms with Crippen molar-refractivity contribution in [2.45, 2.75) is 51.9 Å². The quantitative estimate of drug-likeness (QED) is 0.145. The van der Waals surface area contributed by atoms with Crippen molar-refractivity contribution in [2.75, 3.05) is 13.2 Å². The van der Waals surface area contributed by atoms with E-state index in [1.165, 1.54) is 0 Å². The van der Waals surface area contributed by atoms with Gasteiger partial charge in [0.15, 0.2) is 33.8 Å². The van der Waals surface area contributed by atoms with Crippen molar-refractivity contribution in [1.82, 2.24) is 0 Å². The van der Waals surface area contributed by atoms with Gasteiger partial charge in [-0.05, 0) is 33.1 Å². The molecule has 0 heterocycles. The molecular formula is C16H23F5O3Si. The average molecular weight is 386 g/mol. The first kappa shape index (κ1) is 22.0. The molecule has 0 saturated heterocycles. The monoisotopic (exact) mass is 386 g/mol. The Morgan fingerprint density at radius 2 is 1.24 bits per heavy atom. The fraction of sp³-hybridized carbons (Fsp3) is 0.625. The van der Waals surface area contributed by atoms with E-state index in [0.29, 0.717) is 43.0 Å². The molecule has 1 aromatic rings. The van der Waals surface area contributed by atoms with Crippen molar-refractivity contribution >= 4 is 10.5 Å². The van der Waals surface area contributed by atoms with Gasteiger partial charge >= 0.3 is 0 Å². The molecule has 1 aromatic carbocycles. The lowest BCUT2D eigenvalue weighted by Crippen LogP contribution is -2.38. The van der Waals surface area contributed by atoms with Gasteiger partial charge in [0.05, 0.1) is 0 Å². The molecule has 0 aliphatic rings. The van der Waals surface area contributed by atoms with Crippen LogP contribution in [0.3, 0.4) is 0 Å². The summed E-state index contributed by atoms with van der Waals surface area (Å²) in [5, 5.41) is 0. The van der Waals surface area contributed by atoms with E-state index in [1.54, 1.807) is 13.8 Å². The number of rotatable bonds is 11. The van der Waals surface area contributed by atoms with Crippen LogP contribution in [-0.4, -0.2) is 29.7 Å². The van der Waals surface area contributed by atoms with Crippen LogP contribution in [0, 0.1) is 29.1 Å². The highest BCUT2D eigenvalue weighted by Crippen LogP contribution is 2.26. The summed E-state index contributed by atoms with van der Waals surface area (Å²) in [5.74, 6) is -10.6. The lowest BCUT2D eigenvalue weighted by molar-refractivity contribution is -0.344. The Labute approximate surface area is 147 Å². The van der Waals surface area contributed by atoms with Gasteiger partial charge in [-0.1, -0.05) is 6.42 Å². The Morgan fingerprint density at radius 1 is 0.760 bits per heavy atom. The summed E-state index contributed by atoms with van der Waals surface area (Å²) in [5.41, 5.74) is -0.781. The van der Waals surface area contributed by atoms with Gasteiger partial charge in [0.1, 0.15) is 0 Å². The minimum Gasteiger partial charge on any atom is -0.380 e. The zero-order valence-electron chi connectivity index (χ0n) is 14.6. The van der Waals surface area contributed by atoms with E-state index in [-0.39, 0.29) is 12.8 Å². The first-order chi connectivity index (χ1) is 11.8. The van der Waals surface area contributed by atoms with Crippen LogP contribution in [-0.2, 0) is 20.3 Å². The third kappa shape index (κ3) is 5.47. The van der Waals surface area contributed by atoms with Gasteiger partial charge in [-0.15, -0.1) is 0 Å². The second-order valence-electron chi connectivity index (χ2n) is 5.36. The van der Waals surface area contributed by atoms with Crippen molar-refractivity contribution in [2.24, 2.45) is 0 Å². The van der Waals surface area contributed by atoms with Gasteiger partial charge in [0, 0.05) is 25.2 Å². The molecule has 144 valence electrons. The number of unbranched alkanes of at least 4 members (excludes halogenated alkanes) is 2. The molecule has 3 nitrogen and oxygen atoms in total. The fourth-order valence-corrected chi connectivity index (χ4v) is 2.98. The SMILES string of the molecule is CCOC(CCCCCc1c(F)c(F)c(F)c(F)c1F)(O[SiH3])OCC. The van der Waals surface area contributed by atoms with Crippen molar-refractivity contribution < 1.29 is 35.9 Å².